The zero-order valence-electron chi connectivity index (χ0n) is 20.2. The van der Waals surface area contributed by atoms with Gasteiger partial charge in [-0.15, -0.1) is 0 Å². The van der Waals surface area contributed by atoms with Gasteiger partial charge < -0.3 is 26.0 Å². The molecular formula is C24H38FN7O. The molecule has 2 atom stereocenters. The summed E-state index contributed by atoms with van der Waals surface area (Å²) in [5.74, 6) is 1.01. The normalized spacial score (nSPS) is 16.6. The Balaban J connectivity index is 1.90. The van der Waals surface area contributed by atoms with Crippen molar-refractivity contribution >= 4 is 23.5 Å². The van der Waals surface area contributed by atoms with Gasteiger partial charge in [0.25, 0.3) is 0 Å². The number of halogens is 1. The summed E-state index contributed by atoms with van der Waals surface area (Å²) in [5.41, 5.74) is 0.462. The third-order valence-corrected chi connectivity index (χ3v) is 6.00. The van der Waals surface area contributed by atoms with E-state index in [0.717, 1.165) is 45.1 Å². The quantitative estimate of drug-likeness (QED) is 0.329. The Labute approximate surface area is 196 Å². The maximum atomic E-state index is 14.2. The summed E-state index contributed by atoms with van der Waals surface area (Å²) in [7, 11) is 1.44. The Hall–Kier alpha value is -2.68. The first-order chi connectivity index (χ1) is 16.1. The Kier molecular flexibility index (Phi) is 9.47. The summed E-state index contributed by atoms with van der Waals surface area (Å²) in [5, 5.41) is 13.7. The lowest BCUT2D eigenvalue weighted by Crippen LogP contribution is -2.40. The first kappa shape index (κ1) is 25.0. The molecule has 0 bridgehead atoms. The SMILES string of the molecule is CCCC(CCC)Nc1nc(Nc2cccc(F)c2OC)nc(NC(CC)C2CCCN2)n1. The van der Waals surface area contributed by atoms with E-state index in [0.29, 0.717) is 29.6 Å². The molecule has 3 rings (SSSR count). The van der Waals surface area contributed by atoms with E-state index in [-0.39, 0.29) is 17.8 Å². The molecule has 2 unspecified atom stereocenters. The van der Waals surface area contributed by atoms with Gasteiger partial charge in [-0.1, -0.05) is 39.7 Å². The topological polar surface area (TPSA) is 96.0 Å². The second kappa shape index (κ2) is 12.5. The standard InChI is InChI=1S/C24H38FN7O/c1-5-10-16(11-6-2)27-22-30-23(28-18(7-3)19-14-9-15-26-19)32-24(31-22)29-20-13-8-12-17(25)21(20)33-4/h8,12-13,16,18-19,26H,5-7,9-11,14-15H2,1-4H3,(H3,27,28,29,30,31,32). The number of hydrogen-bond donors (Lipinski definition) is 4. The number of benzene rings is 1. The van der Waals surface area contributed by atoms with Gasteiger partial charge in [-0.05, 0) is 50.8 Å². The van der Waals surface area contributed by atoms with Gasteiger partial charge >= 0.3 is 0 Å². The van der Waals surface area contributed by atoms with Crippen LogP contribution in [0.2, 0.25) is 0 Å². The smallest absolute Gasteiger partial charge is 0.233 e. The van der Waals surface area contributed by atoms with Gasteiger partial charge in [0.05, 0.1) is 12.8 Å². The van der Waals surface area contributed by atoms with Crippen LogP contribution in [0.3, 0.4) is 0 Å². The van der Waals surface area contributed by atoms with E-state index in [1.54, 1.807) is 12.1 Å². The van der Waals surface area contributed by atoms with Crippen molar-refractivity contribution in [1.82, 2.24) is 20.3 Å². The molecule has 1 aromatic heterocycles. The minimum Gasteiger partial charge on any atom is -0.492 e. The van der Waals surface area contributed by atoms with Crippen molar-refractivity contribution in [3.05, 3.63) is 24.0 Å². The van der Waals surface area contributed by atoms with Crippen molar-refractivity contribution in [3.63, 3.8) is 0 Å². The third kappa shape index (κ3) is 6.90. The minimum absolute atomic E-state index is 0.123. The fraction of sp³-hybridized carbons (Fsp3) is 0.625. The first-order valence-corrected chi connectivity index (χ1v) is 12.2. The summed E-state index contributed by atoms with van der Waals surface area (Å²) in [4.78, 5) is 13.9. The van der Waals surface area contributed by atoms with E-state index < -0.39 is 5.82 Å². The average Bonchev–Trinajstić information content (AvgIpc) is 3.33. The number of hydrogen-bond acceptors (Lipinski definition) is 8. The van der Waals surface area contributed by atoms with Crippen LogP contribution in [-0.4, -0.2) is 46.7 Å². The molecule has 0 amide bonds. The largest absolute Gasteiger partial charge is 0.492 e. The Morgan fingerprint density at radius 2 is 1.76 bits per heavy atom. The molecule has 33 heavy (non-hydrogen) atoms. The monoisotopic (exact) mass is 459 g/mol. The minimum atomic E-state index is -0.447. The number of nitrogens with one attached hydrogen (secondary N) is 4. The van der Waals surface area contributed by atoms with E-state index in [1.165, 1.54) is 19.6 Å². The van der Waals surface area contributed by atoms with Crippen molar-refractivity contribution in [2.24, 2.45) is 0 Å². The van der Waals surface area contributed by atoms with Crippen LogP contribution in [0.25, 0.3) is 0 Å². The highest BCUT2D eigenvalue weighted by atomic mass is 19.1. The molecule has 0 aliphatic carbocycles. The van der Waals surface area contributed by atoms with Gasteiger partial charge in [-0.25, -0.2) is 4.39 Å². The van der Waals surface area contributed by atoms with Gasteiger partial charge in [-0.3, -0.25) is 0 Å². The highest BCUT2D eigenvalue weighted by Crippen LogP contribution is 2.30. The van der Waals surface area contributed by atoms with Crippen LogP contribution in [0.5, 0.6) is 5.75 Å². The van der Waals surface area contributed by atoms with Crippen molar-refractivity contribution in [2.45, 2.75) is 83.8 Å². The zero-order valence-corrected chi connectivity index (χ0v) is 20.2. The second-order valence-corrected chi connectivity index (χ2v) is 8.53. The fourth-order valence-electron chi connectivity index (χ4n) is 4.37. The molecule has 0 radical (unpaired) electrons. The van der Waals surface area contributed by atoms with Crippen molar-refractivity contribution in [1.29, 1.82) is 0 Å². The van der Waals surface area contributed by atoms with Crippen molar-refractivity contribution < 1.29 is 9.13 Å². The van der Waals surface area contributed by atoms with Crippen LogP contribution in [0.15, 0.2) is 18.2 Å². The second-order valence-electron chi connectivity index (χ2n) is 8.53. The van der Waals surface area contributed by atoms with Crippen LogP contribution in [-0.2, 0) is 0 Å². The molecule has 1 aromatic carbocycles. The number of ether oxygens (including phenoxy) is 1. The Morgan fingerprint density at radius 1 is 1.06 bits per heavy atom. The fourth-order valence-corrected chi connectivity index (χ4v) is 4.37. The average molecular weight is 460 g/mol. The van der Waals surface area contributed by atoms with Gasteiger partial charge in [0.1, 0.15) is 0 Å². The number of anilines is 4. The molecule has 1 fully saturated rings. The predicted octanol–water partition coefficient (Wildman–Crippen LogP) is 5.09. The maximum Gasteiger partial charge on any atom is 0.233 e. The Bertz CT molecular complexity index is 870. The van der Waals surface area contributed by atoms with Gasteiger partial charge in [0.2, 0.25) is 17.8 Å². The van der Waals surface area contributed by atoms with Crippen molar-refractivity contribution in [2.75, 3.05) is 29.6 Å². The molecule has 1 aliphatic rings. The number of methoxy groups -OCH3 is 1. The molecule has 4 N–H and O–H groups in total. The summed E-state index contributed by atoms with van der Waals surface area (Å²) < 4.78 is 19.4. The van der Waals surface area contributed by atoms with E-state index in [4.69, 9.17) is 4.74 Å². The molecule has 2 heterocycles. The molecule has 8 nitrogen and oxygen atoms in total. The molecular weight excluding hydrogens is 421 g/mol. The zero-order chi connectivity index (χ0) is 23.6. The maximum absolute atomic E-state index is 14.2. The first-order valence-electron chi connectivity index (χ1n) is 12.2. The van der Waals surface area contributed by atoms with E-state index in [1.807, 2.05) is 0 Å². The lowest BCUT2D eigenvalue weighted by Gasteiger charge is -2.24. The molecule has 1 saturated heterocycles. The number of rotatable bonds is 13. The van der Waals surface area contributed by atoms with Gasteiger partial charge in [-0.2, -0.15) is 15.0 Å². The van der Waals surface area contributed by atoms with Crippen LogP contribution in [0.1, 0.15) is 65.7 Å². The van der Waals surface area contributed by atoms with Gasteiger partial charge in [0.15, 0.2) is 11.6 Å². The lowest BCUT2D eigenvalue weighted by atomic mass is 10.0. The predicted molar refractivity (Wildman–Crippen MR) is 132 cm³/mol. The number of aromatic nitrogens is 3. The summed E-state index contributed by atoms with van der Waals surface area (Å²) in [6.07, 6.45) is 7.46. The van der Waals surface area contributed by atoms with Crippen LogP contribution < -0.4 is 26.0 Å². The lowest BCUT2D eigenvalue weighted by molar-refractivity contribution is 0.388. The number of nitrogens with zero attached hydrogens (tertiary/aromatic N) is 3. The van der Waals surface area contributed by atoms with Gasteiger partial charge in [0, 0.05) is 18.1 Å². The van der Waals surface area contributed by atoms with E-state index in [9.17, 15) is 4.39 Å². The molecule has 182 valence electrons. The van der Waals surface area contributed by atoms with Crippen LogP contribution in [0.4, 0.5) is 27.9 Å². The van der Waals surface area contributed by atoms with Crippen LogP contribution in [0, 0.1) is 5.82 Å². The molecule has 2 aromatic rings. The molecule has 0 saturated carbocycles. The summed E-state index contributed by atoms with van der Waals surface area (Å²) in [6.45, 7) is 7.55. The molecule has 1 aliphatic heterocycles. The molecule has 9 heteroatoms. The van der Waals surface area contributed by atoms with Crippen molar-refractivity contribution in [3.8, 4) is 5.75 Å². The molecule has 0 spiro atoms. The van der Waals surface area contributed by atoms with Crippen LogP contribution >= 0.6 is 0 Å². The summed E-state index contributed by atoms with van der Waals surface area (Å²) in [6, 6.07) is 5.59. The Morgan fingerprint density at radius 3 is 2.36 bits per heavy atom. The van der Waals surface area contributed by atoms with E-state index in [2.05, 4.69) is 57.0 Å². The highest BCUT2D eigenvalue weighted by molar-refractivity contribution is 5.64. The third-order valence-electron chi connectivity index (χ3n) is 6.00. The van der Waals surface area contributed by atoms with E-state index >= 15 is 0 Å². The number of para-hydroxylation sites is 1. The highest BCUT2D eigenvalue weighted by Gasteiger charge is 2.24. The summed E-state index contributed by atoms with van der Waals surface area (Å²) >= 11 is 0.